The molecule has 1 nitrogen and oxygen atoms in total. The standard InChI is InChI=1S/C7H15NS/c9-6-3-7-1-4-8-5-2-7/h7-9H,1-6H2. The lowest BCUT2D eigenvalue weighted by atomic mass is 9.96. The van der Waals surface area contributed by atoms with Crippen LogP contribution < -0.4 is 5.32 Å². The maximum absolute atomic E-state index is 4.21. The predicted octanol–water partition coefficient (Wildman–Crippen LogP) is 1.31. The Morgan fingerprint density at radius 2 is 2.00 bits per heavy atom. The highest BCUT2D eigenvalue weighted by Crippen LogP contribution is 2.15. The summed E-state index contributed by atoms with van der Waals surface area (Å²) in [5, 5.41) is 3.35. The molecule has 0 aromatic carbocycles. The SMILES string of the molecule is SCCC1CCNCC1. The van der Waals surface area contributed by atoms with Crippen molar-refractivity contribution in [3.05, 3.63) is 0 Å². The Hall–Kier alpha value is 0.310. The topological polar surface area (TPSA) is 12.0 Å². The first-order valence-electron chi connectivity index (χ1n) is 3.75. The van der Waals surface area contributed by atoms with Gasteiger partial charge in [-0.2, -0.15) is 12.6 Å². The molecule has 0 unspecified atom stereocenters. The van der Waals surface area contributed by atoms with Gasteiger partial charge in [0.2, 0.25) is 0 Å². The summed E-state index contributed by atoms with van der Waals surface area (Å²) in [7, 11) is 0. The average Bonchev–Trinajstić information content (AvgIpc) is 1.91. The summed E-state index contributed by atoms with van der Waals surface area (Å²) in [5.41, 5.74) is 0. The lowest BCUT2D eigenvalue weighted by molar-refractivity contribution is 0.367. The molecule has 0 aromatic heterocycles. The van der Waals surface area contributed by atoms with Crippen molar-refractivity contribution < 1.29 is 0 Å². The molecular weight excluding hydrogens is 130 g/mol. The number of hydrogen-bond acceptors (Lipinski definition) is 2. The maximum Gasteiger partial charge on any atom is -0.00463 e. The van der Waals surface area contributed by atoms with Gasteiger partial charge in [-0.3, -0.25) is 0 Å². The molecule has 0 spiro atoms. The first kappa shape index (κ1) is 7.42. The van der Waals surface area contributed by atoms with Gasteiger partial charge in [-0.05, 0) is 44.0 Å². The molecule has 1 saturated heterocycles. The lowest BCUT2D eigenvalue weighted by Crippen LogP contribution is -2.27. The summed E-state index contributed by atoms with van der Waals surface area (Å²) in [6.45, 7) is 2.44. The van der Waals surface area contributed by atoms with Crippen molar-refractivity contribution in [1.82, 2.24) is 5.32 Å². The Morgan fingerprint density at radius 3 is 2.56 bits per heavy atom. The molecule has 1 aliphatic heterocycles. The van der Waals surface area contributed by atoms with Crippen LogP contribution in [0.5, 0.6) is 0 Å². The van der Waals surface area contributed by atoms with Gasteiger partial charge < -0.3 is 5.32 Å². The van der Waals surface area contributed by atoms with Crippen molar-refractivity contribution in [2.24, 2.45) is 5.92 Å². The van der Waals surface area contributed by atoms with Crippen LogP contribution >= 0.6 is 12.6 Å². The second-order valence-corrected chi connectivity index (χ2v) is 3.15. The summed E-state index contributed by atoms with van der Waals surface area (Å²) in [5.74, 6) is 2.02. The Balaban J connectivity index is 2.08. The van der Waals surface area contributed by atoms with Gasteiger partial charge in [0.05, 0.1) is 0 Å². The van der Waals surface area contributed by atoms with Crippen LogP contribution in [-0.4, -0.2) is 18.8 Å². The van der Waals surface area contributed by atoms with E-state index < -0.39 is 0 Å². The van der Waals surface area contributed by atoms with Gasteiger partial charge >= 0.3 is 0 Å². The molecule has 1 N–H and O–H groups in total. The minimum absolute atomic E-state index is 0.962. The van der Waals surface area contributed by atoms with Crippen molar-refractivity contribution >= 4 is 12.6 Å². The van der Waals surface area contributed by atoms with Crippen LogP contribution in [0.1, 0.15) is 19.3 Å². The molecule has 2 heteroatoms. The largest absolute Gasteiger partial charge is 0.317 e. The van der Waals surface area contributed by atoms with Crippen LogP contribution in [0.4, 0.5) is 0 Å². The summed E-state index contributed by atoms with van der Waals surface area (Å²) in [6.07, 6.45) is 4.03. The van der Waals surface area contributed by atoms with E-state index in [1.54, 1.807) is 0 Å². The molecule has 0 saturated carbocycles. The minimum atomic E-state index is 0.962. The minimum Gasteiger partial charge on any atom is -0.317 e. The predicted molar refractivity (Wildman–Crippen MR) is 44.1 cm³/mol. The van der Waals surface area contributed by atoms with Crippen LogP contribution in [0.25, 0.3) is 0 Å². The summed E-state index contributed by atoms with van der Waals surface area (Å²) in [6, 6.07) is 0. The summed E-state index contributed by atoms with van der Waals surface area (Å²) < 4.78 is 0. The van der Waals surface area contributed by atoms with E-state index in [1.807, 2.05) is 0 Å². The van der Waals surface area contributed by atoms with Crippen molar-refractivity contribution in [2.75, 3.05) is 18.8 Å². The second-order valence-electron chi connectivity index (χ2n) is 2.71. The highest BCUT2D eigenvalue weighted by molar-refractivity contribution is 7.80. The fourth-order valence-corrected chi connectivity index (χ4v) is 1.72. The molecule has 0 aliphatic carbocycles. The third kappa shape index (κ3) is 2.59. The molecule has 0 atom stereocenters. The highest BCUT2D eigenvalue weighted by Gasteiger charge is 2.10. The van der Waals surface area contributed by atoms with Crippen LogP contribution in [0, 0.1) is 5.92 Å². The van der Waals surface area contributed by atoms with Crippen molar-refractivity contribution in [1.29, 1.82) is 0 Å². The van der Waals surface area contributed by atoms with Gasteiger partial charge in [-0.1, -0.05) is 0 Å². The second kappa shape index (κ2) is 4.18. The first-order valence-corrected chi connectivity index (χ1v) is 4.38. The van der Waals surface area contributed by atoms with E-state index in [0.717, 1.165) is 11.7 Å². The van der Waals surface area contributed by atoms with E-state index >= 15 is 0 Å². The van der Waals surface area contributed by atoms with E-state index in [1.165, 1.54) is 32.4 Å². The van der Waals surface area contributed by atoms with Crippen molar-refractivity contribution in [3.8, 4) is 0 Å². The molecule has 0 bridgehead atoms. The molecule has 0 radical (unpaired) electrons. The smallest absolute Gasteiger partial charge is 0.00463 e. The molecule has 1 rings (SSSR count). The van der Waals surface area contributed by atoms with Crippen LogP contribution in [0.2, 0.25) is 0 Å². The Morgan fingerprint density at radius 1 is 1.33 bits per heavy atom. The number of nitrogens with one attached hydrogen (secondary N) is 1. The Labute approximate surface area is 62.6 Å². The van der Waals surface area contributed by atoms with Gasteiger partial charge in [0.25, 0.3) is 0 Å². The molecule has 9 heavy (non-hydrogen) atoms. The van der Waals surface area contributed by atoms with Gasteiger partial charge in [0, 0.05) is 0 Å². The van der Waals surface area contributed by atoms with Crippen molar-refractivity contribution in [3.63, 3.8) is 0 Å². The Bertz CT molecular complexity index is 66.6. The molecule has 1 fully saturated rings. The lowest BCUT2D eigenvalue weighted by Gasteiger charge is -2.21. The van der Waals surface area contributed by atoms with E-state index in [0.29, 0.717) is 0 Å². The molecule has 1 heterocycles. The molecule has 0 aromatic rings. The monoisotopic (exact) mass is 145 g/mol. The van der Waals surface area contributed by atoms with E-state index in [2.05, 4.69) is 17.9 Å². The quantitative estimate of drug-likeness (QED) is 0.558. The number of thiol groups is 1. The summed E-state index contributed by atoms with van der Waals surface area (Å²) >= 11 is 4.21. The molecule has 0 amide bonds. The van der Waals surface area contributed by atoms with Crippen LogP contribution in [0.15, 0.2) is 0 Å². The normalized spacial score (nSPS) is 22.3. The fourth-order valence-electron chi connectivity index (χ4n) is 1.35. The van der Waals surface area contributed by atoms with Gasteiger partial charge in [0.1, 0.15) is 0 Å². The number of hydrogen-bond donors (Lipinski definition) is 2. The first-order chi connectivity index (χ1) is 4.43. The van der Waals surface area contributed by atoms with Gasteiger partial charge in [0.15, 0.2) is 0 Å². The zero-order chi connectivity index (χ0) is 6.53. The van der Waals surface area contributed by atoms with Crippen LogP contribution in [0.3, 0.4) is 0 Å². The van der Waals surface area contributed by atoms with E-state index in [-0.39, 0.29) is 0 Å². The zero-order valence-electron chi connectivity index (χ0n) is 5.77. The van der Waals surface area contributed by atoms with Crippen molar-refractivity contribution in [2.45, 2.75) is 19.3 Å². The molecule has 1 aliphatic rings. The zero-order valence-corrected chi connectivity index (χ0v) is 6.66. The third-order valence-electron chi connectivity index (χ3n) is 2.00. The Kier molecular flexibility index (Phi) is 3.44. The van der Waals surface area contributed by atoms with Crippen LogP contribution in [-0.2, 0) is 0 Å². The number of rotatable bonds is 2. The average molecular weight is 145 g/mol. The van der Waals surface area contributed by atoms with E-state index in [9.17, 15) is 0 Å². The summed E-state index contributed by atoms with van der Waals surface area (Å²) in [4.78, 5) is 0. The maximum atomic E-state index is 4.21. The van der Waals surface area contributed by atoms with E-state index in [4.69, 9.17) is 0 Å². The third-order valence-corrected chi connectivity index (χ3v) is 2.25. The number of piperidine rings is 1. The molecule has 54 valence electrons. The fraction of sp³-hybridized carbons (Fsp3) is 1.00. The molecular formula is C7H15NS. The highest BCUT2D eigenvalue weighted by atomic mass is 32.1. The van der Waals surface area contributed by atoms with Gasteiger partial charge in [-0.25, -0.2) is 0 Å². The van der Waals surface area contributed by atoms with Gasteiger partial charge in [-0.15, -0.1) is 0 Å².